The molecule has 0 radical (unpaired) electrons. The zero-order chi connectivity index (χ0) is 17.6. The van der Waals surface area contributed by atoms with Crippen molar-refractivity contribution in [2.75, 3.05) is 25.0 Å². The molecule has 1 aliphatic heterocycles. The number of hydrogen-bond donors (Lipinski definition) is 1. The van der Waals surface area contributed by atoms with Crippen LogP contribution in [0.2, 0.25) is 0 Å². The summed E-state index contributed by atoms with van der Waals surface area (Å²) in [5, 5.41) is 3.01. The molecule has 2 aromatic rings. The molecule has 0 atom stereocenters. The maximum atomic E-state index is 12.3. The molecule has 1 heterocycles. The minimum absolute atomic E-state index is 0.0612. The summed E-state index contributed by atoms with van der Waals surface area (Å²) in [4.78, 5) is 14.6. The second-order valence-corrected chi connectivity index (χ2v) is 7.80. The first-order chi connectivity index (χ1) is 12.1. The quantitative estimate of drug-likeness (QED) is 0.791. The molecule has 2 aromatic carbocycles. The van der Waals surface area contributed by atoms with Gasteiger partial charge in [0.15, 0.2) is 0 Å². The van der Waals surface area contributed by atoms with E-state index in [1.807, 2.05) is 25.1 Å². The van der Waals surface area contributed by atoms with Crippen LogP contribution in [0, 0.1) is 12.8 Å². The van der Waals surface area contributed by atoms with Crippen LogP contribution in [0.25, 0.3) is 0 Å². The summed E-state index contributed by atoms with van der Waals surface area (Å²) in [6.07, 6.45) is 3.48. The van der Waals surface area contributed by atoms with Gasteiger partial charge in [-0.25, -0.2) is 0 Å². The molecule has 1 fully saturated rings. The Labute approximate surface area is 158 Å². The number of anilines is 1. The van der Waals surface area contributed by atoms with E-state index in [9.17, 15) is 4.79 Å². The molecule has 1 N–H and O–H groups in total. The van der Waals surface area contributed by atoms with Gasteiger partial charge in [0.05, 0.1) is 12.2 Å². The van der Waals surface area contributed by atoms with Crippen molar-refractivity contribution in [3.63, 3.8) is 0 Å². The predicted octanol–water partition coefficient (Wildman–Crippen LogP) is 4.65. The van der Waals surface area contributed by atoms with Gasteiger partial charge >= 0.3 is 0 Å². The van der Waals surface area contributed by atoms with E-state index in [0.717, 1.165) is 48.4 Å². The minimum Gasteiger partial charge on any atom is -0.324 e. The van der Waals surface area contributed by atoms with Crippen LogP contribution in [-0.2, 0) is 11.2 Å². The average molecular weight is 401 g/mol. The molecular weight excluding hydrogens is 376 g/mol. The largest absolute Gasteiger partial charge is 0.324 e. The zero-order valence-electron chi connectivity index (χ0n) is 14.7. The van der Waals surface area contributed by atoms with Gasteiger partial charge < -0.3 is 5.32 Å². The van der Waals surface area contributed by atoms with Gasteiger partial charge in [-0.2, -0.15) is 0 Å². The van der Waals surface area contributed by atoms with Crippen LogP contribution in [0.4, 0.5) is 5.69 Å². The van der Waals surface area contributed by atoms with Gasteiger partial charge in [0.1, 0.15) is 0 Å². The SMILES string of the molecule is Cc1ccc(NC(=O)CN2CCC(Cc3ccccc3)CC2)c(Br)c1. The highest BCUT2D eigenvalue weighted by molar-refractivity contribution is 9.10. The van der Waals surface area contributed by atoms with Crippen LogP contribution in [0.15, 0.2) is 53.0 Å². The van der Waals surface area contributed by atoms with E-state index in [2.05, 4.69) is 56.5 Å². The number of amides is 1. The highest BCUT2D eigenvalue weighted by Gasteiger charge is 2.21. The Kier molecular flexibility index (Phi) is 6.27. The first-order valence-corrected chi connectivity index (χ1v) is 9.72. The molecule has 1 aliphatic rings. The third-order valence-corrected chi connectivity index (χ3v) is 5.50. The molecule has 4 heteroatoms. The number of likely N-dealkylation sites (tertiary alicyclic amines) is 1. The van der Waals surface area contributed by atoms with Crippen LogP contribution < -0.4 is 5.32 Å². The standard InChI is InChI=1S/C21H25BrN2O/c1-16-7-8-20(19(22)13-16)23-21(25)15-24-11-9-18(10-12-24)14-17-5-3-2-4-6-17/h2-8,13,18H,9-12,14-15H2,1H3,(H,23,25). The fourth-order valence-electron chi connectivity index (χ4n) is 3.41. The highest BCUT2D eigenvalue weighted by Crippen LogP contribution is 2.24. The summed E-state index contributed by atoms with van der Waals surface area (Å²) in [6.45, 7) is 4.51. The van der Waals surface area contributed by atoms with E-state index in [1.54, 1.807) is 0 Å². The number of carbonyl (C=O) groups is 1. The maximum absolute atomic E-state index is 12.3. The predicted molar refractivity (Wildman–Crippen MR) is 107 cm³/mol. The van der Waals surface area contributed by atoms with E-state index >= 15 is 0 Å². The molecule has 3 rings (SSSR count). The summed E-state index contributed by atoms with van der Waals surface area (Å²) >= 11 is 3.51. The van der Waals surface area contributed by atoms with Crippen molar-refractivity contribution in [1.82, 2.24) is 4.90 Å². The van der Waals surface area contributed by atoms with E-state index in [1.165, 1.54) is 11.1 Å². The molecule has 0 spiro atoms. The van der Waals surface area contributed by atoms with Gasteiger partial charge in [-0.1, -0.05) is 36.4 Å². The Bertz CT molecular complexity index is 709. The van der Waals surface area contributed by atoms with E-state index in [-0.39, 0.29) is 5.91 Å². The Hall–Kier alpha value is -1.65. The Morgan fingerprint density at radius 3 is 2.56 bits per heavy atom. The number of nitrogens with one attached hydrogen (secondary N) is 1. The molecule has 0 unspecified atom stereocenters. The van der Waals surface area contributed by atoms with Gasteiger partial charge in [0, 0.05) is 4.47 Å². The second kappa shape index (κ2) is 8.63. The molecule has 25 heavy (non-hydrogen) atoms. The fourth-order valence-corrected chi connectivity index (χ4v) is 4.00. The Morgan fingerprint density at radius 2 is 1.88 bits per heavy atom. The number of halogens is 1. The summed E-state index contributed by atoms with van der Waals surface area (Å²) in [6, 6.07) is 16.7. The molecule has 1 saturated heterocycles. The van der Waals surface area contributed by atoms with Crippen LogP contribution in [0.5, 0.6) is 0 Å². The lowest BCUT2D eigenvalue weighted by atomic mass is 9.90. The van der Waals surface area contributed by atoms with Crippen molar-refractivity contribution >= 4 is 27.5 Å². The first-order valence-electron chi connectivity index (χ1n) is 8.92. The monoisotopic (exact) mass is 400 g/mol. The van der Waals surface area contributed by atoms with Crippen molar-refractivity contribution < 1.29 is 4.79 Å². The smallest absolute Gasteiger partial charge is 0.238 e. The van der Waals surface area contributed by atoms with Crippen LogP contribution in [0.3, 0.4) is 0 Å². The molecule has 3 nitrogen and oxygen atoms in total. The number of aryl methyl sites for hydroxylation is 1. The van der Waals surface area contributed by atoms with Gasteiger partial charge in [-0.3, -0.25) is 9.69 Å². The summed E-state index contributed by atoms with van der Waals surface area (Å²) < 4.78 is 0.933. The van der Waals surface area contributed by atoms with Gasteiger partial charge in [-0.15, -0.1) is 0 Å². The van der Waals surface area contributed by atoms with Crippen molar-refractivity contribution in [2.24, 2.45) is 5.92 Å². The average Bonchev–Trinajstić information content (AvgIpc) is 2.60. The van der Waals surface area contributed by atoms with Gasteiger partial charge in [-0.05, 0) is 84.4 Å². The van der Waals surface area contributed by atoms with Crippen LogP contribution >= 0.6 is 15.9 Å². The molecule has 132 valence electrons. The fraction of sp³-hybridized carbons (Fsp3) is 0.381. The highest BCUT2D eigenvalue weighted by atomic mass is 79.9. The van der Waals surface area contributed by atoms with E-state index in [0.29, 0.717) is 6.54 Å². The lowest BCUT2D eigenvalue weighted by Crippen LogP contribution is -2.39. The van der Waals surface area contributed by atoms with Crippen molar-refractivity contribution in [3.05, 3.63) is 64.1 Å². The number of carbonyl (C=O) groups excluding carboxylic acids is 1. The molecular formula is C21H25BrN2O. The number of piperidine rings is 1. The normalized spacial score (nSPS) is 15.9. The number of benzene rings is 2. The third-order valence-electron chi connectivity index (χ3n) is 4.84. The topological polar surface area (TPSA) is 32.3 Å². The Morgan fingerprint density at radius 1 is 1.16 bits per heavy atom. The maximum Gasteiger partial charge on any atom is 0.238 e. The first kappa shape index (κ1) is 18.2. The molecule has 0 saturated carbocycles. The molecule has 1 amide bonds. The summed E-state index contributed by atoms with van der Waals surface area (Å²) in [7, 11) is 0. The second-order valence-electron chi connectivity index (χ2n) is 6.94. The van der Waals surface area contributed by atoms with E-state index < -0.39 is 0 Å². The van der Waals surface area contributed by atoms with Gasteiger partial charge in [0.2, 0.25) is 5.91 Å². The molecule has 0 aromatic heterocycles. The minimum atomic E-state index is 0.0612. The number of nitrogens with zero attached hydrogens (tertiary/aromatic N) is 1. The molecule has 0 bridgehead atoms. The lowest BCUT2D eigenvalue weighted by Gasteiger charge is -2.31. The van der Waals surface area contributed by atoms with Crippen molar-refractivity contribution in [3.8, 4) is 0 Å². The van der Waals surface area contributed by atoms with Crippen LogP contribution in [0.1, 0.15) is 24.0 Å². The number of rotatable bonds is 5. The molecule has 0 aliphatic carbocycles. The van der Waals surface area contributed by atoms with Crippen molar-refractivity contribution in [2.45, 2.75) is 26.2 Å². The van der Waals surface area contributed by atoms with Gasteiger partial charge in [0.25, 0.3) is 0 Å². The summed E-state index contributed by atoms with van der Waals surface area (Å²) in [5.74, 6) is 0.791. The van der Waals surface area contributed by atoms with E-state index in [4.69, 9.17) is 0 Å². The van der Waals surface area contributed by atoms with Crippen LogP contribution in [-0.4, -0.2) is 30.4 Å². The third kappa shape index (κ3) is 5.41. The van der Waals surface area contributed by atoms with Crippen molar-refractivity contribution in [1.29, 1.82) is 0 Å². The Balaban J connectivity index is 1.44. The zero-order valence-corrected chi connectivity index (χ0v) is 16.3. The summed E-state index contributed by atoms with van der Waals surface area (Å²) in [5.41, 5.74) is 3.43. The lowest BCUT2D eigenvalue weighted by molar-refractivity contribution is -0.117. The number of hydrogen-bond acceptors (Lipinski definition) is 2.